The van der Waals surface area contributed by atoms with E-state index in [9.17, 15) is 9.18 Å². The zero-order chi connectivity index (χ0) is 22.6. The molecule has 5 rings (SSSR count). The van der Waals surface area contributed by atoms with E-state index in [1.54, 1.807) is 36.5 Å². The molecule has 0 aliphatic carbocycles. The quantitative estimate of drug-likeness (QED) is 0.491. The minimum atomic E-state index is -0.627. The molecule has 0 bridgehead atoms. The molecule has 1 saturated heterocycles. The fourth-order valence-corrected chi connectivity index (χ4v) is 4.38. The van der Waals surface area contributed by atoms with Crippen LogP contribution in [0.2, 0.25) is 0 Å². The van der Waals surface area contributed by atoms with Crippen LogP contribution in [0.4, 0.5) is 14.6 Å². The van der Waals surface area contributed by atoms with Crippen molar-refractivity contribution in [2.24, 2.45) is 7.05 Å². The molecule has 1 amide bonds. The Morgan fingerprint density at radius 3 is 2.59 bits per heavy atom. The van der Waals surface area contributed by atoms with Crippen molar-refractivity contribution in [2.75, 3.05) is 31.1 Å². The molecule has 10 heteroatoms. The molecule has 1 aliphatic heterocycles. The molecule has 8 nitrogen and oxygen atoms in total. The highest BCUT2D eigenvalue weighted by atomic mass is 19.1. The zero-order valence-corrected chi connectivity index (χ0v) is 18.1. The Labute approximate surface area is 183 Å². The lowest BCUT2D eigenvalue weighted by molar-refractivity contribution is -0.129. The highest BCUT2D eigenvalue weighted by molar-refractivity contribution is 5.80. The molecule has 4 aromatic rings. The van der Waals surface area contributed by atoms with E-state index in [-0.39, 0.29) is 16.9 Å². The SMILES string of the molecule is CC(=O)N1CCN(c2ccc3ncc([C@@H](C)c4c(F)cc5c(cnn5C)c4F)n3n2)CC1. The highest BCUT2D eigenvalue weighted by Gasteiger charge is 2.26. The van der Waals surface area contributed by atoms with Crippen LogP contribution in [0.5, 0.6) is 0 Å². The number of piperazine rings is 1. The molecule has 1 fully saturated rings. The van der Waals surface area contributed by atoms with E-state index in [4.69, 9.17) is 5.10 Å². The molecule has 1 atom stereocenters. The molecule has 32 heavy (non-hydrogen) atoms. The van der Waals surface area contributed by atoms with Crippen molar-refractivity contribution in [2.45, 2.75) is 19.8 Å². The average molecular weight is 439 g/mol. The van der Waals surface area contributed by atoms with Crippen molar-refractivity contribution in [3.8, 4) is 0 Å². The van der Waals surface area contributed by atoms with Crippen LogP contribution in [-0.2, 0) is 11.8 Å². The van der Waals surface area contributed by atoms with E-state index in [1.807, 2.05) is 12.1 Å². The molecule has 1 aliphatic rings. The number of aromatic nitrogens is 5. The summed E-state index contributed by atoms with van der Waals surface area (Å²) in [5.74, 6) is -1.07. The normalized spacial score (nSPS) is 15.7. The van der Waals surface area contributed by atoms with E-state index in [0.717, 1.165) is 5.82 Å². The van der Waals surface area contributed by atoms with Crippen molar-refractivity contribution in [3.05, 3.63) is 53.5 Å². The van der Waals surface area contributed by atoms with Gasteiger partial charge < -0.3 is 9.80 Å². The fourth-order valence-electron chi connectivity index (χ4n) is 4.38. The van der Waals surface area contributed by atoms with E-state index in [0.29, 0.717) is 43.0 Å². The van der Waals surface area contributed by atoms with E-state index < -0.39 is 17.6 Å². The third-order valence-corrected chi connectivity index (χ3v) is 6.28. The van der Waals surface area contributed by atoms with Crippen LogP contribution in [0.25, 0.3) is 16.6 Å². The Morgan fingerprint density at radius 2 is 1.88 bits per heavy atom. The summed E-state index contributed by atoms with van der Waals surface area (Å²) >= 11 is 0. The number of carbonyl (C=O) groups is 1. The average Bonchev–Trinajstić information content (AvgIpc) is 3.37. The van der Waals surface area contributed by atoms with Gasteiger partial charge in [0.1, 0.15) is 17.5 Å². The Kier molecular flexibility index (Phi) is 4.79. The van der Waals surface area contributed by atoms with E-state index in [1.165, 1.54) is 16.9 Å². The topological polar surface area (TPSA) is 71.6 Å². The van der Waals surface area contributed by atoms with Crippen LogP contribution in [0.15, 0.2) is 30.6 Å². The maximum Gasteiger partial charge on any atom is 0.219 e. The third kappa shape index (κ3) is 3.17. The van der Waals surface area contributed by atoms with Gasteiger partial charge in [-0.25, -0.2) is 18.3 Å². The Morgan fingerprint density at radius 1 is 1.12 bits per heavy atom. The zero-order valence-electron chi connectivity index (χ0n) is 18.1. The number of aryl methyl sites for hydroxylation is 1. The van der Waals surface area contributed by atoms with Crippen LogP contribution < -0.4 is 4.90 Å². The fraction of sp³-hybridized carbons (Fsp3) is 0.364. The van der Waals surface area contributed by atoms with Crippen LogP contribution in [0.1, 0.15) is 31.0 Å². The monoisotopic (exact) mass is 439 g/mol. The van der Waals surface area contributed by atoms with Gasteiger partial charge in [0.05, 0.1) is 29.0 Å². The Bertz CT molecular complexity index is 1340. The predicted octanol–water partition coefficient (Wildman–Crippen LogP) is 2.71. The smallest absolute Gasteiger partial charge is 0.219 e. The van der Waals surface area contributed by atoms with Gasteiger partial charge in [0.15, 0.2) is 5.65 Å². The van der Waals surface area contributed by atoms with Crippen LogP contribution >= 0.6 is 0 Å². The van der Waals surface area contributed by atoms with Crippen LogP contribution in [0.3, 0.4) is 0 Å². The lowest BCUT2D eigenvalue weighted by Crippen LogP contribution is -2.48. The minimum Gasteiger partial charge on any atom is -0.352 e. The molecule has 0 saturated carbocycles. The number of hydrogen-bond donors (Lipinski definition) is 0. The number of amides is 1. The molecule has 0 spiro atoms. The van der Waals surface area contributed by atoms with Crippen molar-refractivity contribution in [1.29, 1.82) is 0 Å². The number of carbonyl (C=O) groups excluding carboxylic acids is 1. The van der Waals surface area contributed by atoms with Crippen molar-refractivity contribution in [3.63, 3.8) is 0 Å². The number of anilines is 1. The lowest BCUT2D eigenvalue weighted by atomic mass is 9.95. The number of hydrogen-bond acceptors (Lipinski definition) is 5. The second kappa shape index (κ2) is 7.54. The number of imidazole rings is 1. The van der Waals surface area contributed by atoms with E-state index in [2.05, 4.69) is 15.0 Å². The van der Waals surface area contributed by atoms with Crippen LogP contribution in [-0.4, -0.2) is 61.4 Å². The number of halogens is 2. The lowest BCUT2D eigenvalue weighted by Gasteiger charge is -2.34. The van der Waals surface area contributed by atoms with Crippen molar-refractivity contribution >= 4 is 28.3 Å². The molecule has 4 heterocycles. The summed E-state index contributed by atoms with van der Waals surface area (Å²) in [5.41, 5.74) is 1.56. The van der Waals surface area contributed by atoms with Gasteiger partial charge in [0.25, 0.3) is 0 Å². The standard InChI is InChI=1S/C22H23F2N7O/c1-13(21-16(23)10-17-15(22(21)24)11-26-28(17)3)18-12-25-19-4-5-20(27-31(18)19)30-8-6-29(7-9-30)14(2)32/h4-5,10-13H,6-9H2,1-3H3/t13-/m1/s1. The maximum atomic E-state index is 15.3. The van der Waals surface area contributed by atoms with Gasteiger partial charge in [-0.05, 0) is 12.1 Å². The Balaban J connectivity index is 1.52. The predicted molar refractivity (Wildman–Crippen MR) is 116 cm³/mol. The summed E-state index contributed by atoms with van der Waals surface area (Å²) in [6.07, 6.45) is 3.02. The number of rotatable bonds is 3. The van der Waals surface area contributed by atoms with Crippen molar-refractivity contribution < 1.29 is 13.6 Å². The van der Waals surface area contributed by atoms with Crippen molar-refractivity contribution in [1.82, 2.24) is 29.3 Å². The summed E-state index contributed by atoms with van der Waals surface area (Å²) < 4.78 is 33.3. The van der Waals surface area contributed by atoms with Crippen LogP contribution in [0, 0.1) is 11.6 Å². The van der Waals surface area contributed by atoms with E-state index >= 15 is 4.39 Å². The van der Waals surface area contributed by atoms with Gasteiger partial charge in [0.2, 0.25) is 5.91 Å². The first kappa shape index (κ1) is 20.3. The summed E-state index contributed by atoms with van der Waals surface area (Å²) in [6, 6.07) is 5.03. The summed E-state index contributed by atoms with van der Waals surface area (Å²) in [4.78, 5) is 19.9. The first-order valence-corrected chi connectivity index (χ1v) is 10.5. The number of nitrogens with zero attached hydrogens (tertiary/aromatic N) is 7. The van der Waals surface area contributed by atoms with Gasteiger partial charge in [0, 0.05) is 57.7 Å². The number of benzene rings is 1. The summed E-state index contributed by atoms with van der Waals surface area (Å²) in [7, 11) is 1.65. The van der Waals surface area contributed by atoms with Gasteiger partial charge in [-0.2, -0.15) is 5.10 Å². The van der Waals surface area contributed by atoms with Gasteiger partial charge in [-0.3, -0.25) is 9.48 Å². The summed E-state index contributed by atoms with van der Waals surface area (Å²) in [5, 5.41) is 9.04. The first-order valence-electron chi connectivity index (χ1n) is 10.5. The molecule has 0 radical (unpaired) electrons. The molecular formula is C22H23F2N7O. The minimum absolute atomic E-state index is 0.0328. The Hall–Kier alpha value is -3.56. The highest BCUT2D eigenvalue weighted by Crippen LogP contribution is 2.33. The molecule has 1 aromatic carbocycles. The maximum absolute atomic E-state index is 15.3. The summed E-state index contributed by atoms with van der Waals surface area (Å²) in [6.45, 7) is 5.90. The first-order chi connectivity index (χ1) is 15.3. The molecule has 3 aromatic heterocycles. The molecule has 0 N–H and O–H groups in total. The number of fused-ring (bicyclic) bond motifs is 2. The second-order valence-corrected chi connectivity index (χ2v) is 8.15. The van der Waals surface area contributed by atoms with Gasteiger partial charge >= 0.3 is 0 Å². The molecular weight excluding hydrogens is 416 g/mol. The second-order valence-electron chi connectivity index (χ2n) is 8.15. The van der Waals surface area contributed by atoms with Gasteiger partial charge in [-0.15, -0.1) is 5.10 Å². The molecule has 0 unspecified atom stereocenters. The third-order valence-electron chi connectivity index (χ3n) is 6.28. The molecule has 166 valence electrons. The van der Waals surface area contributed by atoms with Gasteiger partial charge in [-0.1, -0.05) is 6.92 Å². The largest absolute Gasteiger partial charge is 0.352 e.